The molecule has 0 fully saturated rings. The van der Waals surface area contributed by atoms with Gasteiger partial charge in [0, 0.05) is 5.39 Å². The van der Waals surface area contributed by atoms with Crippen LogP contribution in [0, 0.1) is 11.8 Å². The van der Waals surface area contributed by atoms with E-state index in [1.807, 2.05) is 0 Å². The standard InChI is InChI=1S/C21H16N2O5/c22-19(24)15-8-2-4-10-18(15)27-12-6-5-11-23-20(25)16-13-14-7-1-3-9-17(14)28-21(16)26/h1-4,7-10,13H,11-12H2,(H2,22,24)(H,23,25). The molecule has 2 amide bonds. The normalized spacial score (nSPS) is 10.0. The summed E-state index contributed by atoms with van der Waals surface area (Å²) in [6.45, 7) is 0.0319. The third-order valence-corrected chi connectivity index (χ3v) is 3.80. The Kier molecular flexibility index (Phi) is 5.72. The second-order valence-corrected chi connectivity index (χ2v) is 5.67. The van der Waals surface area contributed by atoms with E-state index in [4.69, 9.17) is 14.9 Å². The van der Waals surface area contributed by atoms with Gasteiger partial charge in [0.1, 0.15) is 23.5 Å². The predicted octanol–water partition coefficient (Wildman–Crippen LogP) is 1.70. The van der Waals surface area contributed by atoms with Crippen LogP contribution in [0.1, 0.15) is 20.7 Å². The Balaban J connectivity index is 1.56. The SMILES string of the molecule is NC(=O)c1ccccc1OCC#CCNC(=O)c1cc2ccccc2oc1=O. The highest BCUT2D eigenvalue weighted by molar-refractivity contribution is 5.97. The van der Waals surface area contributed by atoms with Gasteiger partial charge in [-0.15, -0.1) is 0 Å². The van der Waals surface area contributed by atoms with E-state index in [-0.39, 0.29) is 24.3 Å². The number of amides is 2. The van der Waals surface area contributed by atoms with Gasteiger partial charge in [0.05, 0.1) is 12.1 Å². The molecule has 0 atom stereocenters. The summed E-state index contributed by atoms with van der Waals surface area (Å²) in [7, 11) is 0. The van der Waals surface area contributed by atoms with E-state index in [9.17, 15) is 14.4 Å². The number of rotatable bonds is 5. The fourth-order valence-electron chi connectivity index (χ4n) is 2.46. The lowest BCUT2D eigenvalue weighted by molar-refractivity contribution is 0.0953. The minimum absolute atomic E-state index is 0.0122. The van der Waals surface area contributed by atoms with Crippen LogP contribution in [0.3, 0.4) is 0 Å². The van der Waals surface area contributed by atoms with Crippen molar-refractivity contribution in [2.24, 2.45) is 5.73 Å². The first-order chi connectivity index (χ1) is 13.6. The molecule has 140 valence electrons. The summed E-state index contributed by atoms with van der Waals surface area (Å²) in [6, 6.07) is 15.0. The van der Waals surface area contributed by atoms with Crippen LogP contribution >= 0.6 is 0 Å². The molecule has 0 bridgehead atoms. The van der Waals surface area contributed by atoms with Gasteiger partial charge in [0.15, 0.2) is 0 Å². The van der Waals surface area contributed by atoms with E-state index in [0.717, 1.165) is 0 Å². The highest BCUT2D eigenvalue weighted by Gasteiger charge is 2.12. The van der Waals surface area contributed by atoms with Crippen molar-refractivity contribution in [2.45, 2.75) is 0 Å². The average molecular weight is 376 g/mol. The largest absolute Gasteiger partial charge is 0.480 e. The molecule has 3 aromatic rings. The number of fused-ring (bicyclic) bond motifs is 1. The lowest BCUT2D eigenvalue weighted by Gasteiger charge is -2.05. The van der Waals surface area contributed by atoms with Crippen molar-refractivity contribution in [3.8, 4) is 17.6 Å². The topological polar surface area (TPSA) is 112 Å². The average Bonchev–Trinajstić information content (AvgIpc) is 2.70. The zero-order chi connectivity index (χ0) is 19.9. The quantitative estimate of drug-likeness (QED) is 0.520. The summed E-state index contributed by atoms with van der Waals surface area (Å²) in [6.07, 6.45) is 0. The van der Waals surface area contributed by atoms with Crippen molar-refractivity contribution in [3.63, 3.8) is 0 Å². The van der Waals surface area contributed by atoms with Crippen LogP contribution in [0.5, 0.6) is 5.75 Å². The van der Waals surface area contributed by atoms with Gasteiger partial charge < -0.3 is 20.2 Å². The van der Waals surface area contributed by atoms with Crippen LogP contribution in [0.2, 0.25) is 0 Å². The van der Waals surface area contributed by atoms with Crippen LogP contribution < -0.4 is 21.4 Å². The molecular weight excluding hydrogens is 360 g/mol. The minimum atomic E-state index is -0.712. The summed E-state index contributed by atoms with van der Waals surface area (Å²) < 4.78 is 10.5. The number of hydrogen-bond acceptors (Lipinski definition) is 5. The van der Waals surface area contributed by atoms with E-state index in [1.54, 1.807) is 48.5 Å². The monoisotopic (exact) mass is 376 g/mol. The molecule has 0 radical (unpaired) electrons. The molecule has 0 aliphatic carbocycles. The molecule has 2 aromatic carbocycles. The van der Waals surface area contributed by atoms with Crippen LogP contribution in [0.15, 0.2) is 63.8 Å². The van der Waals surface area contributed by atoms with E-state index < -0.39 is 17.4 Å². The maximum atomic E-state index is 12.2. The fraction of sp³-hybridized carbons (Fsp3) is 0.0952. The van der Waals surface area contributed by atoms with Gasteiger partial charge in [-0.2, -0.15) is 0 Å². The van der Waals surface area contributed by atoms with Crippen LogP contribution in [0.25, 0.3) is 11.0 Å². The van der Waals surface area contributed by atoms with Gasteiger partial charge in [-0.1, -0.05) is 42.2 Å². The van der Waals surface area contributed by atoms with Crippen LogP contribution in [0.4, 0.5) is 0 Å². The number of hydrogen-bond donors (Lipinski definition) is 2. The van der Waals surface area contributed by atoms with Crippen LogP contribution in [-0.4, -0.2) is 25.0 Å². The van der Waals surface area contributed by atoms with Crippen molar-refractivity contribution in [1.82, 2.24) is 5.32 Å². The molecule has 3 rings (SSSR count). The molecule has 7 heteroatoms. The van der Waals surface area contributed by atoms with Gasteiger partial charge >= 0.3 is 5.63 Å². The van der Waals surface area contributed by atoms with Gasteiger partial charge in [0.25, 0.3) is 11.8 Å². The van der Waals surface area contributed by atoms with E-state index >= 15 is 0 Å². The molecule has 0 spiro atoms. The smallest absolute Gasteiger partial charge is 0.349 e. The molecular formula is C21H16N2O5. The summed E-state index contributed by atoms with van der Waals surface area (Å²) in [5, 5.41) is 3.18. The number of ether oxygens (including phenoxy) is 1. The summed E-state index contributed by atoms with van der Waals surface area (Å²) in [4.78, 5) is 35.4. The number of nitrogens with one attached hydrogen (secondary N) is 1. The summed E-state index contributed by atoms with van der Waals surface area (Å²) in [5.74, 6) is 4.58. The van der Waals surface area contributed by atoms with Crippen molar-refractivity contribution in [2.75, 3.05) is 13.2 Å². The maximum absolute atomic E-state index is 12.2. The first kappa shape index (κ1) is 18.7. The Morgan fingerprint density at radius 3 is 2.61 bits per heavy atom. The lowest BCUT2D eigenvalue weighted by Crippen LogP contribution is -2.28. The molecule has 3 N–H and O–H groups in total. The molecule has 0 aliphatic heterocycles. The van der Waals surface area contributed by atoms with E-state index in [0.29, 0.717) is 16.7 Å². The van der Waals surface area contributed by atoms with Gasteiger partial charge in [-0.05, 0) is 24.3 Å². The molecule has 28 heavy (non-hydrogen) atoms. The third-order valence-electron chi connectivity index (χ3n) is 3.80. The van der Waals surface area contributed by atoms with Gasteiger partial charge in [0.2, 0.25) is 0 Å². The Morgan fingerprint density at radius 2 is 1.79 bits per heavy atom. The Hall–Kier alpha value is -4.05. The zero-order valence-corrected chi connectivity index (χ0v) is 14.7. The summed E-state index contributed by atoms with van der Waals surface area (Å²) >= 11 is 0. The van der Waals surface area contributed by atoms with Gasteiger partial charge in [-0.25, -0.2) is 4.79 Å². The molecule has 0 aliphatic rings. The zero-order valence-electron chi connectivity index (χ0n) is 14.7. The van der Waals surface area contributed by atoms with E-state index in [1.165, 1.54) is 6.07 Å². The Morgan fingerprint density at radius 1 is 1.04 bits per heavy atom. The number of carbonyl (C=O) groups excluding carboxylic acids is 2. The van der Waals surface area contributed by atoms with Gasteiger partial charge in [-0.3, -0.25) is 9.59 Å². The minimum Gasteiger partial charge on any atom is -0.480 e. The molecule has 1 heterocycles. The fourth-order valence-corrected chi connectivity index (χ4v) is 2.46. The summed E-state index contributed by atoms with van der Waals surface area (Å²) in [5.41, 5.74) is 5.14. The lowest BCUT2D eigenvalue weighted by atomic mass is 10.2. The number of carbonyl (C=O) groups is 2. The van der Waals surface area contributed by atoms with E-state index in [2.05, 4.69) is 17.2 Å². The first-order valence-corrected chi connectivity index (χ1v) is 8.34. The maximum Gasteiger partial charge on any atom is 0.349 e. The molecule has 0 saturated carbocycles. The van der Waals surface area contributed by atoms with Crippen molar-refractivity contribution < 1.29 is 18.7 Å². The second-order valence-electron chi connectivity index (χ2n) is 5.67. The highest BCUT2D eigenvalue weighted by Crippen LogP contribution is 2.16. The molecule has 1 aromatic heterocycles. The second kappa shape index (κ2) is 8.56. The first-order valence-electron chi connectivity index (χ1n) is 8.34. The number of benzene rings is 2. The Labute approximate surface area is 160 Å². The van der Waals surface area contributed by atoms with Crippen LogP contribution in [-0.2, 0) is 0 Å². The van der Waals surface area contributed by atoms with Crippen molar-refractivity contribution in [3.05, 3.63) is 76.1 Å². The molecule has 7 nitrogen and oxygen atoms in total. The molecule has 0 unspecified atom stereocenters. The highest BCUT2D eigenvalue weighted by atomic mass is 16.5. The predicted molar refractivity (Wildman–Crippen MR) is 103 cm³/mol. The van der Waals surface area contributed by atoms with Crippen molar-refractivity contribution >= 4 is 22.8 Å². The number of nitrogens with two attached hydrogens (primary N) is 1. The number of primary amides is 1. The van der Waals surface area contributed by atoms with Crippen molar-refractivity contribution in [1.29, 1.82) is 0 Å². The Bertz CT molecular complexity index is 1150. The number of para-hydroxylation sites is 2. The third kappa shape index (κ3) is 4.37. The molecule has 0 saturated heterocycles.